The molecular formula is C17H20ClNO2. The smallest absolute Gasteiger partial charge is 0.121 e. The van der Waals surface area contributed by atoms with Crippen LogP contribution in [0.15, 0.2) is 42.5 Å². The maximum absolute atomic E-state index is 9.83. The number of hydrogen-bond acceptors (Lipinski definition) is 3. The second kappa shape index (κ2) is 7.34. The minimum Gasteiger partial charge on any atom is -0.508 e. The van der Waals surface area contributed by atoms with E-state index in [0.29, 0.717) is 18.2 Å². The van der Waals surface area contributed by atoms with Crippen molar-refractivity contribution >= 4 is 11.6 Å². The fraction of sp³-hybridized carbons (Fsp3) is 0.294. The molecule has 3 nitrogen and oxygen atoms in total. The molecule has 0 aliphatic carbocycles. The van der Waals surface area contributed by atoms with Gasteiger partial charge in [-0.15, -0.1) is 0 Å². The van der Waals surface area contributed by atoms with Crippen molar-refractivity contribution in [3.63, 3.8) is 0 Å². The average Bonchev–Trinajstić information content (AvgIpc) is 2.47. The first kappa shape index (κ1) is 15.7. The second-order valence-corrected chi connectivity index (χ2v) is 5.25. The van der Waals surface area contributed by atoms with E-state index in [2.05, 4.69) is 12.2 Å². The molecule has 2 N–H and O–H groups in total. The lowest BCUT2D eigenvalue weighted by Crippen LogP contribution is -2.18. The Labute approximate surface area is 130 Å². The Balaban J connectivity index is 1.99. The van der Waals surface area contributed by atoms with Gasteiger partial charge in [0, 0.05) is 23.2 Å². The van der Waals surface area contributed by atoms with Crippen molar-refractivity contribution in [2.45, 2.75) is 26.4 Å². The summed E-state index contributed by atoms with van der Waals surface area (Å²) < 4.78 is 5.43. The van der Waals surface area contributed by atoms with Crippen molar-refractivity contribution < 1.29 is 9.84 Å². The van der Waals surface area contributed by atoms with E-state index in [1.165, 1.54) is 0 Å². The highest BCUT2D eigenvalue weighted by Crippen LogP contribution is 2.26. The minimum atomic E-state index is 0.149. The number of hydrogen-bond donors (Lipinski definition) is 2. The monoisotopic (exact) mass is 305 g/mol. The fourth-order valence-corrected chi connectivity index (χ4v) is 2.35. The summed E-state index contributed by atoms with van der Waals surface area (Å²) in [5, 5.41) is 13.8. The van der Waals surface area contributed by atoms with Crippen molar-refractivity contribution in [1.82, 2.24) is 5.32 Å². The molecule has 0 aliphatic heterocycles. The Morgan fingerprint density at radius 2 is 1.90 bits per heavy atom. The molecule has 0 spiro atoms. The van der Waals surface area contributed by atoms with Crippen LogP contribution < -0.4 is 10.1 Å². The number of rotatable bonds is 6. The lowest BCUT2D eigenvalue weighted by atomic mass is 10.1. The Kier molecular flexibility index (Phi) is 5.48. The Morgan fingerprint density at radius 1 is 1.19 bits per heavy atom. The quantitative estimate of drug-likeness (QED) is 0.836. The van der Waals surface area contributed by atoms with Crippen molar-refractivity contribution in [1.29, 1.82) is 0 Å². The van der Waals surface area contributed by atoms with Gasteiger partial charge >= 0.3 is 0 Å². The first-order valence-electron chi connectivity index (χ1n) is 7.04. The van der Waals surface area contributed by atoms with Gasteiger partial charge in [0.2, 0.25) is 0 Å². The summed E-state index contributed by atoms with van der Waals surface area (Å²) in [5.74, 6) is 1.09. The zero-order chi connectivity index (χ0) is 15.2. The maximum Gasteiger partial charge on any atom is 0.121 e. The van der Waals surface area contributed by atoms with Crippen molar-refractivity contribution in [3.8, 4) is 11.5 Å². The van der Waals surface area contributed by atoms with Crippen LogP contribution in [-0.4, -0.2) is 11.7 Å². The molecule has 2 rings (SSSR count). The lowest BCUT2D eigenvalue weighted by molar-refractivity contribution is 0.340. The molecule has 1 unspecified atom stereocenters. The average molecular weight is 306 g/mol. The largest absolute Gasteiger partial charge is 0.508 e. The summed E-state index contributed by atoms with van der Waals surface area (Å²) in [6, 6.07) is 13.3. The molecule has 0 fully saturated rings. The molecule has 4 heteroatoms. The third-order valence-electron chi connectivity index (χ3n) is 3.37. The minimum absolute atomic E-state index is 0.149. The Morgan fingerprint density at radius 3 is 2.52 bits per heavy atom. The summed E-state index contributed by atoms with van der Waals surface area (Å²) in [5.41, 5.74) is 1.88. The fourth-order valence-electron chi connectivity index (χ4n) is 2.11. The van der Waals surface area contributed by atoms with E-state index in [0.717, 1.165) is 16.9 Å². The van der Waals surface area contributed by atoms with E-state index < -0.39 is 0 Å². The number of phenols is 1. The van der Waals surface area contributed by atoms with Crippen LogP contribution in [0.1, 0.15) is 31.0 Å². The second-order valence-electron chi connectivity index (χ2n) is 4.84. The summed E-state index contributed by atoms with van der Waals surface area (Å²) in [6.45, 7) is 5.22. The number of benzene rings is 2. The first-order chi connectivity index (χ1) is 10.1. The maximum atomic E-state index is 9.83. The number of aromatic hydroxyl groups is 1. The number of phenolic OH excluding ortho intramolecular Hbond substituents is 1. The van der Waals surface area contributed by atoms with Gasteiger partial charge in [-0.05, 0) is 43.7 Å². The molecule has 0 amide bonds. The highest BCUT2D eigenvalue weighted by molar-refractivity contribution is 6.31. The van der Waals surface area contributed by atoms with Gasteiger partial charge in [-0.3, -0.25) is 0 Å². The SMILES string of the molecule is CCOc1ccc(C(C)NCc2c(O)cccc2Cl)cc1. The topological polar surface area (TPSA) is 41.5 Å². The molecule has 0 aromatic heterocycles. The van der Waals surface area contributed by atoms with E-state index >= 15 is 0 Å². The third-order valence-corrected chi connectivity index (χ3v) is 3.72. The summed E-state index contributed by atoms with van der Waals surface area (Å²) in [4.78, 5) is 0. The van der Waals surface area contributed by atoms with Crippen LogP contribution >= 0.6 is 11.6 Å². The molecule has 0 aliphatic rings. The third kappa shape index (κ3) is 4.13. The number of nitrogens with one attached hydrogen (secondary N) is 1. The molecule has 0 bridgehead atoms. The zero-order valence-electron chi connectivity index (χ0n) is 12.3. The first-order valence-corrected chi connectivity index (χ1v) is 7.42. The van der Waals surface area contributed by atoms with Crippen molar-refractivity contribution in [2.24, 2.45) is 0 Å². The van der Waals surface area contributed by atoms with Crippen LogP contribution in [0.4, 0.5) is 0 Å². The molecule has 2 aromatic rings. The van der Waals surface area contributed by atoms with Crippen LogP contribution in [0, 0.1) is 0 Å². The van der Waals surface area contributed by atoms with Crippen LogP contribution in [0.3, 0.4) is 0 Å². The molecule has 112 valence electrons. The van der Waals surface area contributed by atoms with Crippen LogP contribution in [-0.2, 0) is 6.54 Å². The molecule has 2 aromatic carbocycles. The number of ether oxygens (including phenoxy) is 1. The van der Waals surface area contributed by atoms with Gasteiger partial charge in [0.05, 0.1) is 6.61 Å². The van der Waals surface area contributed by atoms with Gasteiger partial charge < -0.3 is 15.2 Å². The van der Waals surface area contributed by atoms with E-state index in [1.54, 1.807) is 18.2 Å². The van der Waals surface area contributed by atoms with E-state index in [4.69, 9.17) is 16.3 Å². The van der Waals surface area contributed by atoms with Gasteiger partial charge in [0.15, 0.2) is 0 Å². The van der Waals surface area contributed by atoms with Crippen molar-refractivity contribution in [3.05, 3.63) is 58.6 Å². The summed E-state index contributed by atoms with van der Waals surface area (Å²) in [6.07, 6.45) is 0. The summed E-state index contributed by atoms with van der Waals surface area (Å²) >= 11 is 6.10. The number of halogens is 1. The molecule has 0 heterocycles. The zero-order valence-corrected chi connectivity index (χ0v) is 13.0. The van der Waals surface area contributed by atoms with Gasteiger partial charge in [0.1, 0.15) is 11.5 Å². The van der Waals surface area contributed by atoms with Gasteiger partial charge in [0.25, 0.3) is 0 Å². The van der Waals surface area contributed by atoms with Gasteiger partial charge in [-0.25, -0.2) is 0 Å². The Bertz CT molecular complexity index is 564. The normalized spacial score (nSPS) is 12.1. The molecule has 0 saturated carbocycles. The molecule has 1 atom stereocenters. The Hall–Kier alpha value is -1.71. The predicted octanol–water partition coefficient (Wildman–Crippen LogP) is 4.30. The highest BCUT2D eigenvalue weighted by Gasteiger charge is 2.09. The van der Waals surface area contributed by atoms with E-state index in [1.807, 2.05) is 31.2 Å². The van der Waals surface area contributed by atoms with Crippen LogP contribution in [0.2, 0.25) is 5.02 Å². The molecule has 21 heavy (non-hydrogen) atoms. The van der Waals surface area contributed by atoms with Gasteiger partial charge in [-0.2, -0.15) is 0 Å². The molecule has 0 radical (unpaired) electrons. The van der Waals surface area contributed by atoms with Crippen LogP contribution in [0.25, 0.3) is 0 Å². The predicted molar refractivity (Wildman–Crippen MR) is 86.0 cm³/mol. The standard InChI is InChI=1S/C17H20ClNO2/c1-3-21-14-9-7-13(8-10-14)12(2)19-11-15-16(18)5-4-6-17(15)20/h4-10,12,19-20H,3,11H2,1-2H3. The highest BCUT2D eigenvalue weighted by atomic mass is 35.5. The lowest BCUT2D eigenvalue weighted by Gasteiger charge is -2.16. The molecule has 0 saturated heterocycles. The van der Waals surface area contributed by atoms with Crippen LogP contribution in [0.5, 0.6) is 11.5 Å². The molecular weight excluding hydrogens is 286 g/mol. The summed E-state index contributed by atoms with van der Waals surface area (Å²) in [7, 11) is 0. The van der Waals surface area contributed by atoms with Crippen molar-refractivity contribution in [2.75, 3.05) is 6.61 Å². The van der Waals surface area contributed by atoms with E-state index in [-0.39, 0.29) is 11.8 Å². The van der Waals surface area contributed by atoms with Gasteiger partial charge in [-0.1, -0.05) is 29.8 Å². The van der Waals surface area contributed by atoms with E-state index in [9.17, 15) is 5.11 Å².